The molecule has 4 nitrogen and oxygen atoms in total. The molecule has 1 heterocycles. The Bertz CT molecular complexity index is 393. The number of nitrogens with zero attached hydrogens (tertiary/aromatic N) is 1. The zero-order valence-corrected chi connectivity index (χ0v) is 11.9. The predicted octanol–water partition coefficient (Wildman–Crippen LogP) is 2.01. The van der Waals surface area contributed by atoms with Crippen LogP contribution in [0, 0.1) is 0 Å². The average molecular weight is 315 g/mol. The van der Waals surface area contributed by atoms with Crippen molar-refractivity contribution in [1.29, 1.82) is 0 Å². The molecule has 0 amide bonds. The van der Waals surface area contributed by atoms with Crippen molar-refractivity contribution in [2.24, 2.45) is 0 Å². The summed E-state index contributed by atoms with van der Waals surface area (Å²) in [7, 11) is 0. The van der Waals surface area contributed by atoms with Gasteiger partial charge in [-0.2, -0.15) is 0 Å². The van der Waals surface area contributed by atoms with Crippen LogP contribution in [0.15, 0.2) is 22.7 Å². The summed E-state index contributed by atoms with van der Waals surface area (Å²) < 4.78 is 6.55. The van der Waals surface area contributed by atoms with Crippen LogP contribution in [0.2, 0.25) is 0 Å². The Morgan fingerprint density at radius 1 is 1.39 bits per heavy atom. The van der Waals surface area contributed by atoms with Gasteiger partial charge in [-0.3, -0.25) is 0 Å². The van der Waals surface area contributed by atoms with E-state index in [0.717, 1.165) is 41.8 Å². The van der Waals surface area contributed by atoms with Crippen LogP contribution in [0.4, 0.5) is 11.4 Å². The lowest BCUT2D eigenvalue weighted by Gasteiger charge is -2.34. The quantitative estimate of drug-likeness (QED) is 0.835. The van der Waals surface area contributed by atoms with Gasteiger partial charge in [0.05, 0.1) is 30.7 Å². The molecule has 5 heteroatoms. The molecule has 0 aliphatic carbocycles. The van der Waals surface area contributed by atoms with Crippen LogP contribution in [-0.4, -0.2) is 37.5 Å². The molecule has 0 atom stereocenters. The molecule has 0 bridgehead atoms. The molecule has 3 N–H and O–H groups in total. The molecule has 0 saturated carbocycles. The van der Waals surface area contributed by atoms with Gasteiger partial charge in [0.25, 0.3) is 0 Å². The molecule has 0 unspecified atom stereocenters. The second-order valence-electron chi connectivity index (χ2n) is 4.48. The van der Waals surface area contributed by atoms with E-state index in [-0.39, 0.29) is 12.7 Å². The fourth-order valence-corrected chi connectivity index (χ4v) is 2.67. The van der Waals surface area contributed by atoms with Crippen LogP contribution in [-0.2, 0) is 4.74 Å². The van der Waals surface area contributed by atoms with Gasteiger partial charge >= 0.3 is 0 Å². The van der Waals surface area contributed by atoms with Gasteiger partial charge in [0, 0.05) is 17.6 Å². The van der Waals surface area contributed by atoms with Gasteiger partial charge in [-0.25, -0.2) is 0 Å². The Hall–Kier alpha value is -0.780. The molecular weight excluding hydrogens is 296 g/mol. The SMILES string of the molecule is Nc1cc(Br)ccc1N1CCC(OCCO)CC1. The number of hydrogen-bond donors (Lipinski definition) is 2. The number of nitrogens with two attached hydrogens (primary N) is 1. The Kier molecular flexibility index (Phi) is 4.86. The van der Waals surface area contributed by atoms with Crippen molar-refractivity contribution < 1.29 is 9.84 Å². The highest BCUT2D eigenvalue weighted by Crippen LogP contribution is 2.29. The number of benzene rings is 1. The molecule has 0 spiro atoms. The Morgan fingerprint density at radius 3 is 2.72 bits per heavy atom. The normalized spacial score (nSPS) is 17.1. The molecule has 1 fully saturated rings. The molecule has 0 aromatic heterocycles. The van der Waals surface area contributed by atoms with Crippen molar-refractivity contribution in [2.75, 3.05) is 36.9 Å². The first-order chi connectivity index (χ1) is 8.70. The van der Waals surface area contributed by atoms with Crippen LogP contribution < -0.4 is 10.6 Å². The first-order valence-corrected chi connectivity index (χ1v) is 7.02. The van der Waals surface area contributed by atoms with Crippen LogP contribution >= 0.6 is 15.9 Å². The van der Waals surface area contributed by atoms with E-state index in [4.69, 9.17) is 15.6 Å². The third-order valence-electron chi connectivity index (χ3n) is 3.22. The zero-order chi connectivity index (χ0) is 13.0. The van der Waals surface area contributed by atoms with E-state index in [1.54, 1.807) is 0 Å². The second-order valence-corrected chi connectivity index (χ2v) is 5.40. The number of halogens is 1. The topological polar surface area (TPSA) is 58.7 Å². The van der Waals surface area contributed by atoms with E-state index in [2.05, 4.69) is 20.8 Å². The number of piperidine rings is 1. The van der Waals surface area contributed by atoms with Gasteiger partial charge in [0.2, 0.25) is 0 Å². The molecular formula is C13H19BrN2O2. The highest BCUT2D eigenvalue weighted by molar-refractivity contribution is 9.10. The lowest BCUT2D eigenvalue weighted by atomic mass is 10.1. The second kappa shape index (κ2) is 6.41. The summed E-state index contributed by atoms with van der Waals surface area (Å²) in [5.74, 6) is 0. The summed E-state index contributed by atoms with van der Waals surface area (Å²) in [4.78, 5) is 2.29. The number of hydrogen-bond acceptors (Lipinski definition) is 4. The van der Waals surface area contributed by atoms with Crippen molar-refractivity contribution >= 4 is 27.3 Å². The number of anilines is 2. The van der Waals surface area contributed by atoms with Crippen molar-refractivity contribution in [1.82, 2.24) is 0 Å². The Labute approximate surface area is 116 Å². The predicted molar refractivity (Wildman–Crippen MR) is 76.8 cm³/mol. The summed E-state index contributed by atoms with van der Waals surface area (Å²) >= 11 is 3.42. The molecule has 1 aliphatic rings. The largest absolute Gasteiger partial charge is 0.397 e. The third kappa shape index (κ3) is 3.37. The number of nitrogen functional groups attached to an aromatic ring is 1. The minimum atomic E-state index is 0.0971. The summed E-state index contributed by atoms with van der Waals surface area (Å²) in [5, 5.41) is 8.73. The Balaban J connectivity index is 1.93. The van der Waals surface area contributed by atoms with E-state index < -0.39 is 0 Å². The molecule has 1 saturated heterocycles. The van der Waals surface area contributed by atoms with Crippen LogP contribution in [0.25, 0.3) is 0 Å². The maximum atomic E-state index is 8.73. The smallest absolute Gasteiger partial charge is 0.0701 e. The highest BCUT2D eigenvalue weighted by atomic mass is 79.9. The van der Waals surface area contributed by atoms with Crippen molar-refractivity contribution in [3.63, 3.8) is 0 Å². The van der Waals surface area contributed by atoms with E-state index >= 15 is 0 Å². The minimum absolute atomic E-state index is 0.0971. The lowest BCUT2D eigenvalue weighted by molar-refractivity contribution is 0.0159. The highest BCUT2D eigenvalue weighted by Gasteiger charge is 2.20. The molecule has 1 aliphatic heterocycles. The van der Waals surface area contributed by atoms with Crippen LogP contribution in [0.3, 0.4) is 0 Å². The first-order valence-electron chi connectivity index (χ1n) is 6.23. The molecule has 0 radical (unpaired) electrons. The zero-order valence-electron chi connectivity index (χ0n) is 10.3. The number of aliphatic hydroxyl groups excluding tert-OH is 1. The van der Waals surface area contributed by atoms with E-state index in [1.165, 1.54) is 0 Å². The van der Waals surface area contributed by atoms with E-state index in [1.807, 2.05) is 18.2 Å². The van der Waals surface area contributed by atoms with Gasteiger partial charge in [-0.15, -0.1) is 0 Å². The van der Waals surface area contributed by atoms with Crippen LogP contribution in [0.5, 0.6) is 0 Å². The van der Waals surface area contributed by atoms with E-state index in [9.17, 15) is 0 Å². The first kappa shape index (κ1) is 13.6. The maximum Gasteiger partial charge on any atom is 0.0701 e. The summed E-state index contributed by atoms with van der Waals surface area (Å²) in [5.41, 5.74) is 7.93. The van der Waals surface area contributed by atoms with Crippen molar-refractivity contribution in [3.05, 3.63) is 22.7 Å². The molecule has 2 rings (SSSR count). The minimum Gasteiger partial charge on any atom is -0.397 e. The van der Waals surface area contributed by atoms with Crippen molar-refractivity contribution in [2.45, 2.75) is 18.9 Å². The standard InChI is InChI=1S/C13H19BrN2O2/c14-10-1-2-13(12(15)9-10)16-5-3-11(4-6-16)18-8-7-17/h1-2,9,11,17H,3-8,15H2. The fraction of sp³-hybridized carbons (Fsp3) is 0.538. The summed E-state index contributed by atoms with van der Waals surface area (Å²) in [6.45, 7) is 2.43. The molecule has 18 heavy (non-hydrogen) atoms. The average Bonchev–Trinajstić information content (AvgIpc) is 2.37. The summed E-state index contributed by atoms with van der Waals surface area (Å²) in [6, 6.07) is 6.00. The Morgan fingerprint density at radius 2 is 2.11 bits per heavy atom. The molecule has 100 valence electrons. The third-order valence-corrected chi connectivity index (χ3v) is 3.71. The summed E-state index contributed by atoms with van der Waals surface area (Å²) in [6.07, 6.45) is 2.23. The van der Waals surface area contributed by atoms with Gasteiger partial charge in [0.1, 0.15) is 0 Å². The van der Waals surface area contributed by atoms with E-state index in [0.29, 0.717) is 6.61 Å². The van der Waals surface area contributed by atoms with Gasteiger partial charge in [-0.1, -0.05) is 15.9 Å². The van der Waals surface area contributed by atoms with Gasteiger partial charge < -0.3 is 20.5 Å². The van der Waals surface area contributed by atoms with Crippen LogP contribution in [0.1, 0.15) is 12.8 Å². The monoisotopic (exact) mass is 314 g/mol. The van der Waals surface area contributed by atoms with Gasteiger partial charge in [0.15, 0.2) is 0 Å². The van der Waals surface area contributed by atoms with Gasteiger partial charge in [-0.05, 0) is 31.0 Å². The number of rotatable bonds is 4. The number of aliphatic hydroxyl groups is 1. The molecule has 1 aromatic carbocycles. The lowest BCUT2D eigenvalue weighted by Crippen LogP contribution is -2.37. The maximum absolute atomic E-state index is 8.73. The fourth-order valence-electron chi connectivity index (χ4n) is 2.30. The molecule has 1 aromatic rings. The van der Waals surface area contributed by atoms with Crippen molar-refractivity contribution in [3.8, 4) is 0 Å². The number of ether oxygens (including phenoxy) is 1.